The third-order valence-corrected chi connectivity index (χ3v) is 5.67. The molecule has 19 heavy (non-hydrogen) atoms. The van der Waals surface area contributed by atoms with E-state index in [0.717, 1.165) is 11.6 Å². The predicted molar refractivity (Wildman–Crippen MR) is 73.9 cm³/mol. The topological polar surface area (TPSA) is 26.8 Å². The van der Waals surface area contributed by atoms with Crippen molar-refractivity contribution in [3.05, 3.63) is 42.5 Å². The van der Waals surface area contributed by atoms with Crippen LogP contribution in [-0.2, 0) is 0 Å². The maximum absolute atomic E-state index is 12.6. The third-order valence-electron chi connectivity index (χ3n) is 4.55. The van der Waals surface area contributed by atoms with Crippen molar-refractivity contribution >= 4 is 23.9 Å². The second-order valence-electron chi connectivity index (χ2n) is 5.57. The number of carbonyl (C=O) groups excluding carboxylic acids is 1. The van der Waals surface area contributed by atoms with E-state index in [1.165, 1.54) is 6.42 Å². The molecule has 1 aromatic carbocycles. The monoisotopic (exact) mass is 271 g/mol. The Balaban J connectivity index is 1.54. The zero-order valence-corrected chi connectivity index (χ0v) is 11.0. The van der Waals surface area contributed by atoms with Crippen LogP contribution in [0.3, 0.4) is 0 Å². The van der Waals surface area contributed by atoms with Crippen molar-refractivity contribution in [1.82, 2.24) is 9.42 Å². The van der Waals surface area contributed by atoms with Crippen molar-refractivity contribution < 1.29 is 4.79 Å². The summed E-state index contributed by atoms with van der Waals surface area (Å²) in [6.45, 7) is 0. The number of para-hydroxylation sites is 1. The molecule has 5 heteroatoms. The van der Waals surface area contributed by atoms with Crippen LogP contribution < -0.4 is 4.31 Å². The highest BCUT2D eigenvalue weighted by Crippen LogP contribution is 2.58. The molecule has 2 saturated heterocycles. The first-order chi connectivity index (χ1) is 9.34. The molecule has 6 rings (SSSR count). The van der Waals surface area contributed by atoms with E-state index in [0.29, 0.717) is 12.0 Å². The van der Waals surface area contributed by atoms with Gasteiger partial charge in [0, 0.05) is 0 Å². The van der Waals surface area contributed by atoms with E-state index < -0.39 is 0 Å². The minimum absolute atomic E-state index is 0.0981. The van der Waals surface area contributed by atoms with E-state index >= 15 is 0 Å². The molecular weight excluding hydrogens is 258 g/mol. The van der Waals surface area contributed by atoms with E-state index in [9.17, 15) is 4.79 Å². The van der Waals surface area contributed by atoms with E-state index in [1.54, 1.807) is 16.4 Å². The largest absolute Gasteiger partial charge is 0.351 e. The molecule has 3 heterocycles. The Kier molecular flexibility index (Phi) is 1.82. The summed E-state index contributed by atoms with van der Waals surface area (Å²) < 4.78 is 3.98. The van der Waals surface area contributed by atoms with Crippen molar-refractivity contribution in [2.45, 2.75) is 18.5 Å². The van der Waals surface area contributed by atoms with Crippen LogP contribution in [0.15, 0.2) is 42.5 Å². The first-order valence-corrected chi connectivity index (χ1v) is 7.41. The number of carbonyl (C=O) groups is 1. The van der Waals surface area contributed by atoms with Gasteiger partial charge in [-0.2, -0.15) is 0 Å². The molecule has 96 valence electrons. The molecule has 0 unspecified atom stereocenters. The lowest BCUT2D eigenvalue weighted by molar-refractivity contribution is 0.0205. The van der Waals surface area contributed by atoms with Gasteiger partial charge in [0.05, 0.1) is 29.9 Å². The zero-order valence-electron chi connectivity index (χ0n) is 10.2. The number of amides is 2. The summed E-state index contributed by atoms with van der Waals surface area (Å²) in [6.07, 6.45) is 5.78. The maximum atomic E-state index is 12.6. The molecule has 4 nitrogen and oxygen atoms in total. The minimum Gasteiger partial charge on any atom is -0.245 e. The van der Waals surface area contributed by atoms with Crippen LogP contribution >= 0.6 is 12.1 Å². The van der Waals surface area contributed by atoms with Crippen molar-refractivity contribution in [3.8, 4) is 0 Å². The second-order valence-corrected chi connectivity index (χ2v) is 6.47. The maximum Gasteiger partial charge on any atom is 0.351 e. The quantitative estimate of drug-likeness (QED) is 0.580. The van der Waals surface area contributed by atoms with Gasteiger partial charge < -0.3 is 0 Å². The lowest BCUT2D eigenvalue weighted by atomic mass is 9.96. The summed E-state index contributed by atoms with van der Waals surface area (Å²) in [5.74, 6) is 1.47. The molecule has 1 aromatic rings. The lowest BCUT2D eigenvalue weighted by Crippen LogP contribution is -2.56. The number of benzene rings is 1. The number of anilines is 1. The molecule has 3 aliphatic heterocycles. The Morgan fingerprint density at radius 1 is 1.05 bits per heavy atom. The summed E-state index contributed by atoms with van der Waals surface area (Å²) in [5, 5.41) is 1.95. The van der Waals surface area contributed by atoms with Crippen LogP contribution in [0.2, 0.25) is 0 Å². The van der Waals surface area contributed by atoms with Crippen LogP contribution in [0.1, 0.15) is 6.42 Å². The molecule has 4 atom stereocenters. The highest BCUT2D eigenvalue weighted by atomic mass is 32.2. The zero-order chi connectivity index (χ0) is 12.6. The summed E-state index contributed by atoms with van der Waals surface area (Å²) >= 11 is 1.54. The van der Waals surface area contributed by atoms with E-state index in [2.05, 4.69) is 16.6 Å². The smallest absolute Gasteiger partial charge is 0.245 e. The van der Waals surface area contributed by atoms with Gasteiger partial charge in [0.15, 0.2) is 0 Å². The summed E-state index contributed by atoms with van der Waals surface area (Å²) in [5.41, 5.74) is 0.958. The minimum atomic E-state index is 0.0981. The summed E-state index contributed by atoms with van der Waals surface area (Å²) in [7, 11) is 0. The van der Waals surface area contributed by atoms with Crippen LogP contribution in [-0.4, -0.2) is 27.5 Å². The van der Waals surface area contributed by atoms with Gasteiger partial charge in [0.1, 0.15) is 0 Å². The highest BCUT2D eigenvalue weighted by Gasteiger charge is 2.63. The standard InChI is InChI=1S/C14H13N3OS/c18-14-15-12-6-7-13(11-8-10(11)12)17(15)19-16(14)9-4-2-1-3-5-9/h1-7,10-13H,8H2/t10-,11-,12+,13+/m0/s1. The Hall–Kier alpha value is -1.46. The third kappa shape index (κ3) is 1.22. The number of rotatable bonds is 1. The lowest BCUT2D eigenvalue weighted by Gasteiger charge is -2.43. The fraction of sp³-hybridized carbons (Fsp3) is 0.357. The van der Waals surface area contributed by atoms with Gasteiger partial charge in [-0.1, -0.05) is 30.4 Å². The SMILES string of the molecule is O=C1N(c2ccccc2)SN2[C@@H]3C=C[C@H]([C@H]4C[C@@H]43)N12. The van der Waals surface area contributed by atoms with Gasteiger partial charge in [0.2, 0.25) is 0 Å². The average molecular weight is 271 g/mol. The number of urea groups is 1. The molecule has 3 fully saturated rings. The Morgan fingerprint density at radius 2 is 1.79 bits per heavy atom. The first-order valence-electron chi connectivity index (χ1n) is 6.68. The molecule has 2 aliphatic carbocycles. The van der Waals surface area contributed by atoms with E-state index in [4.69, 9.17) is 0 Å². The number of hydrazine groups is 1. The Labute approximate surface area is 115 Å². The summed E-state index contributed by atoms with van der Waals surface area (Å²) in [6, 6.07) is 10.7. The van der Waals surface area contributed by atoms with Crippen LogP contribution in [0, 0.1) is 11.8 Å². The number of nitrogens with zero attached hydrogens (tertiary/aromatic N) is 3. The van der Waals surface area contributed by atoms with Crippen molar-refractivity contribution in [2.24, 2.45) is 11.8 Å². The fourth-order valence-corrected chi connectivity index (χ4v) is 4.68. The molecule has 1 saturated carbocycles. The van der Waals surface area contributed by atoms with Gasteiger partial charge in [-0.15, -0.1) is 4.41 Å². The normalized spacial score (nSPS) is 38.6. The molecule has 0 aromatic heterocycles. The van der Waals surface area contributed by atoms with Gasteiger partial charge >= 0.3 is 6.03 Å². The van der Waals surface area contributed by atoms with Gasteiger partial charge in [-0.3, -0.25) is 0 Å². The van der Waals surface area contributed by atoms with Crippen LogP contribution in [0.5, 0.6) is 0 Å². The number of hydrogen-bond acceptors (Lipinski definition) is 3. The van der Waals surface area contributed by atoms with Crippen LogP contribution in [0.4, 0.5) is 10.5 Å². The fourth-order valence-electron chi connectivity index (χ4n) is 3.55. The highest BCUT2D eigenvalue weighted by molar-refractivity contribution is 7.99. The number of hydrogen-bond donors (Lipinski definition) is 0. The molecule has 5 aliphatic rings. The average Bonchev–Trinajstić information content (AvgIpc) is 3.20. The molecule has 2 amide bonds. The van der Waals surface area contributed by atoms with Gasteiger partial charge in [0.25, 0.3) is 0 Å². The predicted octanol–water partition coefficient (Wildman–Crippen LogP) is 2.67. The van der Waals surface area contributed by atoms with Crippen molar-refractivity contribution in [3.63, 3.8) is 0 Å². The molecule has 2 bridgehead atoms. The van der Waals surface area contributed by atoms with Crippen LogP contribution in [0.25, 0.3) is 0 Å². The van der Waals surface area contributed by atoms with E-state index in [-0.39, 0.29) is 12.1 Å². The van der Waals surface area contributed by atoms with E-state index in [1.807, 2.05) is 35.3 Å². The van der Waals surface area contributed by atoms with Crippen molar-refractivity contribution in [2.75, 3.05) is 4.31 Å². The Bertz CT molecular complexity index is 590. The molecule has 0 N–H and O–H groups in total. The summed E-state index contributed by atoms with van der Waals surface area (Å²) in [4.78, 5) is 12.6. The van der Waals surface area contributed by atoms with Gasteiger partial charge in [-0.05, 0) is 30.4 Å². The molecule has 0 radical (unpaired) electrons. The van der Waals surface area contributed by atoms with Crippen molar-refractivity contribution in [1.29, 1.82) is 0 Å². The Morgan fingerprint density at radius 3 is 2.63 bits per heavy atom. The second kappa shape index (κ2) is 3.35. The first kappa shape index (κ1) is 10.3. The molecular formula is C14H13N3OS. The van der Waals surface area contributed by atoms with Gasteiger partial charge in [-0.25, -0.2) is 14.1 Å². The molecule has 0 spiro atoms.